The van der Waals surface area contributed by atoms with Gasteiger partial charge in [-0.05, 0) is 54.7 Å². The Kier molecular flexibility index (Phi) is 3.74. The molecule has 3 nitrogen and oxygen atoms in total. The van der Waals surface area contributed by atoms with Crippen molar-refractivity contribution in [3.8, 4) is 5.75 Å². The van der Waals surface area contributed by atoms with Gasteiger partial charge in [0.05, 0.1) is 6.10 Å². The number of nitrogens with one attached hydrogen (secondary N) is 1. The molecule has 0 aliphatic heterocycles. The van der Waals surface area contributed by atoms with E-state index >= 15 is 0 Å². The van der Waals surface area contributed by atoms with Crippen LogP contribution in [0.1, 0.15) is 57.6 Å². The fourth-order valence-electron chi connectivity index (χ4n) is 3.55. The predicted molar refractivity (Wildman–Crippen MR) is 81.3 cm³/mol. The summed E-state index contributed by atoms with van der Waals surface area (Å²) in [5.41, 5.74) is 4.68. The summed E-state index contributed by atoms with van der Waals surface area (Å²) in [6, 6.07) is 8.73. The Bertz CT molecular complexity index is 451. The Morgan fingerprint density at radius 1 is 1.20 bits per heavy atom. The topological polar surface area (TPSA) is 47.3 Å². The van der Waals surface area contributed by atoms with Crippen molar-refractivity contribution in [2.45, 2.75) is 58.1 Å². The van der Waals surface area contributed by atoms with Crippen molar-refractivity contribution in [3.63, 3.8) is 0 Å². The van der Waals surface area contributed by atoms with Crippen LogP contribution in [-0.2, 0) is 0 Å². The van der Waals surface area contributed by atoms with Crippen LogP contribution in [0.3, 0.4) is 0 Å². The molecular weight excluding hydrogens is 248 g/mol. The smallest absolute Gasteiger partial charge is 0.119 e. The Labute approximate surface area is 121 Å². The van der Waals surface area contributed by atoms with E-state index in [1.54, 1.807) is 0 Å². The molecule has 3 rings (SSSR count). The van der Waals surface area contributed by atoms with Crippen LogP contribution >= 0.6 is 0 Å². The van der Waals surface area contributed by atoms with Gasteiger partial charge in [0.1, 0.15) is 5.75 Å². The Hall–Kier alpha value is -1.06. The summed E-state index contributed by atoms with van der Waals surface area (Å²) in [5.74, 6) is 7.44. The van der Waals surface area contributed by atoms with Crippen LogP contribution in [0, 0.1) is 11.3 Å². The molecule has 3 heteroatoms. The molecule has 2 saturated carbocycles. The van der Waals surface area contributed by atoms with Crippen LogP contribution in [0.2, 0.25) is 0 Å². The van der Waals surface area contributed by atoms with E-state index in [0.29, 0.717) is 17.4 Å². The second kappa shape index (κ2) is 5.38. The molecule has 2 aliphatic rings. The van der Waals surface area contributed by atoms with Gasteiger partial charge >= 0.3 is 0 Å². The molecule has 0 radical (unpaired) electrons. The second-order valence-electron chi connectivity index (χ2n) is 7.02. The molecule has 3 N–H and O–H groups in total. The van der Waals surface area contributed by atoms with Crippen molar-refractivity contribution in [2.75, 3.05) is 0 Å². The monoisotopic (exact) mass is 274 g/mol. The Morgan fingerprint density at radius 2 is 1.90 bits per heavy atom. The minimum absolute atomic E-state index is 0.238. The molecule has 0 bridgehead atoms. The number of nitrogens with two attached hydrogens (primary N) is 1. The molecular formula is C17H26N2O. The first-order valence-corrected chi connectivity index (χ1v) is 7.83. The van der Waals surface area contributed by atoms with E-state index in [2.05, 4.69) is 43.5 Å². The first-order chi connectivity index (χ1) is 9.60. The summed E-state index contributed by atoms with van der Waals surface area (Å²) in [4.78, 5) is 0. The summed E-state index contributed by atoms with van der Waals surface area (Å²) < 4.78 is 5.81. The van der Waals surface area contributed by atoms with Gasteiger partial charge in [-0.3, -0.25) is 11.3 Å². The summed E-state index contributed by atoms with van der Waals surface area (Å²) in [6.07, 6.45) is 6.70. The zero-order valence-corrected chi connectivity index (χ0v) is 12.6. The van der Waals surface area contributed by atoms with E-state index in [1.807, 2.05) is 0 Å². The zero-order chi connectivity index (χ0) is 14.2. The molecule has 1 aromatic carbocycles. The van der Waals surface area contributed by atoms with Crippen LogP contribution in [0.4, 0.5) is 0 Å². The normalized spacial score (nSPS) is 26.4. The zero-order valence-electron chi connectivity index (χ0n) is 12.6. The summed E-state index contributed by atoms with van der Waals surface area (Å²) >= 11 is 0. The molecule has 2 unspecified atom stereocenters. The van der Waals surface area contributed by atoms with E-state index in [4.69, 9.17) is 10.6 Å². The molecule has 110 valence electrons. The fourth-order valence-corrected chi connectivity index (χ4v) is 3.55. The SMILES string of the molecule is CC1(C)CCCC1C(NN)c1ccc(OC2CC2)cc1. The van der Waals surface area contributed by atoms with E-state index in [0.717, 1.165) is 5.75 Å². The van der Waals surface area contributed by atoms with Crippen molar-refractivity contribution in [3.05, 3.63) is 29.8 Å². The van der Waals surface area contributed by atoms with Crippen LogP contribution in [-0.4, -0.2) is 6.10 Å². The number of benzene rings is 1. The van der Waals surface area contributed by atoms with Gasteiger partial charge in [0.15, 0.2) is 0 Å². The highest BCUT2D eigenvalue weighted by molar-refractivity contribution is 5.30. The van der Waals surface area contributed by atoms with Gasteiger partial charge in [-0.15, -0.1) is 0 Å². The van der Waals surface area contributed by atoms with Gasteiger partial charge in [0, 0.05) is 6.04 Å². The molecule has 20 heavy (non-hydrogen) atoms. The molecule has 0 aromatic heterocycles. The van der Waals surface area contributed by atoms with E-state index < -0.39 is 0 Å². The number of hydrogen-bond donors (Lipinski definition) is 2. The average Bonchev–Trinajstić information content (AvgIpc) is 3.17. The molecule has 0 heterocycles. The van der Waals surface area contributed by atoms with Crippen LogP contribution < -0.4 is 16.0 Å². The second-order valence-corrected chi connectivity index (χ2v) is 7.02. The fraction of sp³-hybridized carbons (Fsp3) is 0.647. The Morgan fingerprint density at radius 3 is 2.40 bits per heavy atom. The molecule has 2 atom stereocenters. The van der Waals surface area contributed by atoms with Gasteiger partial charge in [-0.25, -0.2) is 0 Å². The first kappa shape index (κ1) is 13.9. The van der Waals surface area contributed by atoms with E-state index in [9.17, 15) is 0 Å². The number of hydrogen-bond acceptors (Lipinski definition) is 3. The van der Waals surface area contributed by atoms with Gasteiger partial charge in [0.25, 0.3) is 0 Å². The standard InChI is InChI=1S/C17H26N2O/c1-17(2)11-3-4-15(17)16(19-18)12-5-7-13(8-6-12)20-14-9-10-14/h5-8,14-16,19H,3-4,9-11,18H2,1-2H3. The maximum atomic E-state index is 5.85. The molecule has 0 spiro atoms. The molecule has 2 fully saturated rings. The van der Waals surface area contributed by atoms with Gasteiger partial charge < -0.3 is 4.74 Å². The van der Waals surface area contributed by atoms with Crippen LogP contribution in [0.25, 0.3) is 0 Å². The molecule has 1 aromatic rings. The van der Waals surface area contributed by atoms with Gasteiger partial charge in [-0.1, -0.05) is 32.4 Å². The van der Waals surface area contributed by atoms with Gasteiger partial charge in [-0.2, -0.15) is 0 Å². The highest BCUT2D eigenvalue weighted by Crippen LogP contribution is 2.48. The maximum Gasteiger partial charge on any atom is 0.119 e. The molecule has 2 aliphatic carbocycles. The lowest BCUT2D eigenvalue weighted by molar-refractivity contribution is 0.198. The van der Waals surface area contributed by atoms with Crippen LogP contribution in [0.15, 0.2) is 24.3 Å². The van der Waals surface area contributed by atoms with E-state index in [-0.39, 0.29) is 6.04 Å². The van der Waals surface area contributed by atoms with Crippen LogP contribution in [0.5, 0.6) is 5.75 Å². The highest BCUT2D eigenvalue weighted by atomic mass is 16.5. The third kappa shape index (κ3) is 2.84. The van der Waals surface area contributed by atoms with Crippen molar-refractivity contribution >= 4 is 0 Å². The maximum absolute atomic E-state index is 5.85. The quantitative estimate of drug-likeness (QED) is 0.637. The lowest BCUT2D eigenvalue weighted by Gasteiger charge is -2.34. The van der Waals surface area contributed by atoms with Crippen molar-refractivity contribution < 1.29 is 4.74 Å². The summed E-state index contributed by atoms with van der Waals surface area (Å²) in [5, 5.41) is 0. The van der Waals surface area contributed by atoms with Gasteiger partial charge in [0.2, 0.25) is 0 Å². The molecule has 0 amide bonds. The Balaban J connectivity index is 1.74. The summed E-state index contributed by atoms with van der Waals surface area (Å²) in [7, 11) is 0. The highest BCUT2D eigenvalue weighted by Gasteiger charge is 2.39. The van der Waals surface area contributed by atoms with Crippen molar-refractivity contribution in [1.82, 2.24) is 5.43 Å². The number of ether oxygens (including phenoxy) is 1. The largest absolute Gasteiger partial charge is 0.490 e. The predicted octanol–water partition coefficient (Wildman–Crippen LogP) is 3.56. The minimum atomic E-state index is 0.238. The first-order valence-electron chi connectivity index (χ1n) is 7.83. The van der Waals surface area contributed by atoms with E-state index in [1.165, 1.54) is 37.7 Å². The lowest BCUT2D eigenvalue weighted by atomic mass is 9.75. The third-order valence-corrected chi connectivity index (χ3v) is 4.99. The number of hydrazine groups is 1. The molecule has 0 saturated heterocycles. The number of rotatable bonds is 5. The summed E-state index contributed by atoms with van der Waals surface area (Å²) in [6.45, 7) is 4.72. The average molecular weight is 274 g/mol. The minimum Gasteiger partial charge on any atom is -0.490 e. The van der Waals surface area contributed by atoms with Crippen molar-refractivity contribution in [1.29, 1.82) is 0 Å². The third-order valence-electron chi connectivity index (χ3n) is 4.99. The van der Waals surface area contributed by atoms with Crippen molar-refractivity contribution in [2.24, 2.45) is 17.2 Å². The lowest BCUT2D eigenvalue weighted by Crippen LogP contribution is -2.37.